The summed E-state index contributed by atoms with van der Waals surface area (Å²) in [6.45, 7) is 5.94. The van der Waals surface area contributed by atoms with Gasteiger partial charge in [-0.3, -0.25) is 4.57 Å². The number of ether oxygens (including phenoxy) is 1. The number of nitrogens with zero attached hydrogens (tertiary/aromatic N) is 3. The van der Waals surface area contributed by atoms with Crippen LogP contribution in [0.1, 0.15) is 24.4 Å². The van der Waals surface area contributed by atoms with Crippen LogP contribution < -0.4 is 4.74 Å². The van der Waals surface area contributed by atoms with Gasteiger partial charge in [-0.1, -0.05) is 47.1 Å². The number of rotatable bonds is 8. The predicted molar refractivity (Wildman–Crippen MR) is 112 cm³/mol. The molecule has 0 aliphatic carbocycles. The van der Waals surface area contributed by atoms with Crippen molar-refractivity contribution in [3.63, 3.8) is 0 Å². The number of hydrogen-bond donors (Lipinski definition) is 0. The summed E-state index contributed by atoms with van der Waals surface area (Å²) in [5.74, 6) is -0.393. The molecular weight excluding hydrogens is 439 g/mol. The van der Waals surface area contributed by atoms with Gasteiger partial charge in [-0.05, 0) is 36.8 Å². The van der Waals surface area contributed by atoms with Crippen LogP contribution in [0, 0.1) is 11.6 Å². The first-order valence-corrected chi connectivity index (χ1v) is 10.4. The molecule has 4 nitrogen and oxygen atoms in total. The van der Waals surface area contributed by atoms with Crippen LogP contribution in [0.5, 0.6) is 5.75 Å². The first-order valence-electron chi connectivity index (χ1n) is 8.61. The average molecular weight is 456 g/mol. The SMILES string of the molecule is C=CCn1c(SCc2ccc(Cl)c(Cl)c2)nnc1C(C)Oc1ccc(F)cc1F. The summed E-state index contributed by atoms with van der Waals surface area (Å²) in [6.07, 6.45) is 1.10. The lowest BCUT2D eigenvalue weighted by molar-refractivity contribution is 0.200. The van der Waals surface area contributed by atoms with Gasteiger partial charge < -0.3 is 4.74 Å². The van der Waals surface area contributed by atoms with E-state index in [9.17, 15) is 8.78 Å². The molecule has 0 bridgehead atoms. The fourth-order valence-corrected chi connectivity index (χ4v) is 3.82. The van der Waals surface area contributed by atoms with Gasteiger partial charge in [-0.15, -0.1) is 16.8 Å². The second-order valence-corrected chi connectivity index (χ2v) is 7.87. The largest absolute Gasteiger partial charge is 0.480 e. The fourth-order valence-electron chi connectivity index (χ4n) is 2.60. The van der Waals surface area contributed by atoms with Crippen molar-refractivity contribution >= 4 is 35.0 Å². The number of allylic oxidation sites excluding steroid dienone is 1. The van der Waals surface area contributed by atoms with Gasteiger partial charge in [0.2, 0.25) is 0 Å². The van der Waals surface area contributed by atoms with E-state index in [1.807, 2.05) is 10.6 Å². The molecule has 0 aliphatic heterocycles. The molecule has 0 N–H and O–H groups in total. The zero-order valence-corrected chi connectivity index (χ0v) is 17.7. The molecule has 0 aliphatic rings. The summed E-state index contributed by atoms with van der Waals surface area (Å²) in [4.78, 5) is 0. The first-order chi connectivity index (χ1) is 13.9. The van der Waals surface area contributed by atoms with Crippen molar-refractivity contribution in [2.24, 2.45) is 0 Å². The standard InChI is InChI=1S/C20H17Cl2F2N3OS/c1-3-8-27-19(12(2)28-18-7-5-14(23)10-17(18)24)25-26-20(27)29-11-13-4-6-15(21)16(22)9-13/h3-7,9-10,12H,1,8,11H2,2H3. The zero-order chi connectivity index (χ0) is 21.0. The van der Waals surface area contributed by atoms with Crippen molar-refractivity contribution in [1.29, 1.82) is 0 Å². The molecule has 0 spiro atoms. The molecule has 152 valence electrons. The molecule has 9 heteroatoms. The van der Waals surface area contributed by atoms with Crippen LogP contribution in [0.3, 0.4) is 0 Å². The lowest BCUT2D eigenvalue weighted by Crippen LogP contribution is -2.13. The Morgan fingerprint density at radius 2 is 1.97 bits per heavy atom. The summed E-state index contributed by atoms with van der Waals surface area (Å²) < 4.78 is 34.5. The van der Waals surface area contributed by atoms with Gasteiger partial charge in [0.15, 0.2) is 28.7 Å². The van der Waals surface area contributed by atoms with E-state index in [0.717, 1.165) is 17.7 Å². The maximum absolute atomic E-state index is 13.9. The molecule has 1 heterocycles. The Balaban J connectivity index is 1.78. The third-order valence-electron chi connectivity index (χ3n) is 3.97. The number of hydrogen-bond acceptors (Lipinski definition) is 4. The smallest absolute Gasteiger partial charge is 0.191 e. The minimum absolute atomic E-state index is 0.0583. The number of thioether (sulfide) groups is 1. The molecule has 1 atom stereocenters. The highest BCUT2D eigenvalue weighted by Gasteiger charge is 2.20. The van der Waals surface area contributed by atoms with E-state index in [1.165, 1.54) is 17.8 Å². The Bertz CT molecular complexity index is 1030. The van der Waals surface area contributed by atoms with Crippen LogP contribution in [-0.2, 0) is 12.3 Å². The fraction of sp³-hybridized carbons (Fsp3) is 0.200. The predicted octanol–water partition coefficient (Wildman–Crippen LogP) is 6.48. The molecular formula is C20H17Cl2F2N3OS. The summed E-state index contributed by atoms with van der Waals surface area (Å²) in [6, 6.07) is 8.59. The van der Waals surface area contributed by atoms with Gasteiger partial charge in [0, 0.05) is 18.4 Å². The van der Waals surface area contributed by atoms with Crippen molar-refractivity contribution in [2.45, 2.75) is 30.5 Å². The van der Waals surface area contributed by atoms with Crippen LogP contribution in [0.2, 0.25) is 10.0 Å². The number of aromatic nitrogens is 3. The van der Waals surface area contributed by atoms with Crippen molar-refractivity contribution in [3.8, 4) is 5.75 Å². The summed E-state index contributed by atoms with van der Waals surface area (Å²) in [5, 5.41) is 10.1. The summed E-state index contributed by atoms with van der Waals surface area (Å²) in [7, 11) is 0. The molecule has 0 amide bonds. The van der Waals surface area contributed by atoms with Gasteiger partial charge in [-0.2, -0.15) is 0 Å². The van der Waals surface area contributed by atoms with Crippen LogP contribution in [0.25, 0.3) is 0 Å². The summed E-state index contributed by atoms with van der Waals surface area (Å²) >= 11 is 13.5. The topological polar surface area (TPSA) is 39.9 Å². The van der Waals surface area contributed by atoms with Gasteiger partial charge in [0.25, 0.3) is 0 Å². The Labute approximate surface area is 181 Å². The van der Waals surface area contributed by atoms with E-state index in [-0.39, 0.29) is 5.75 Å². The van der Waals surface area contributed by atoms with Gasteiger partial charge in [0.05, 0.1) is 10.0 Å². The van der Waals surface area contributed by atoms with Gasteiger partial charge in [0.1, 0.15) is 5.82 Å². The Kier molecular flexibility index (Phi) is 7.16. The first kappa shape index (κ1) is 21.6. The van der Waals surface area contributed by atoms with Crippen molar-refractivity contribution in [3.05, 3.63) is 82.1 Å². The van der Waals surface area contributed by atoms with Crippen molar-refractivity contribution < 1.29 is 13.5 Å². The quantitative estimate of drug-likeness (QED) is 0.287. The van der Waals surface area contributed by atoms with E-state index in [0.29, 0.717) is 33.3 Å². The van der Waals surface area contributed by atoms with Crippen molar-refractivity contribution in [2.75, 3.05) is 0 Å². The van der Waals surface area contributed by atoms with Gasteiger partial charge in [-0.25, -0.2) is 8.78 Å². The molecule has 0 saturated carbocycles. The highest BCUT2D eigenvalue weighted by Crippen LogP contribution is 2.30. The molecule has 3 rings (SSSR count). The second kappa shape index (κ2) is 9.61. The molecule has 3 aromatic rings. The molecule has 1 unspecified atom stereocenters. The third-order valence-corrected chi connectivity index (χ3v) is 5.75. The molecule has 0 saturated heterocycles. The van der Waals surface area contributed by atoms with E-state index in [1.54, 1.807) is 25.1 Å². The zero-order valence-electron chi connectivity index (χ0n) is 15.4. The molecule has 0 radical (unpaired) electrons. The minimum atomic E-state index is -0.777. The Hall–Kier alpha value is -2.09. The Morgan fingerprint density at radius 1 is 1.17 bits per heavy atom. The van der Waals surface area contributed by atoms with E-state index >= 15 is 0 Å². The van der Waals surface area contributed by atoms with Crippen LogP contribution in [-0.4, -0.2) is 14.8 Å². The van der Waals surface area contributed by atoms with E-state index in [4.69, 9.17) is 27.9 Å². The highest BCUT2D eigenvalue weighted by molar-refractivity contribution is 7.98. The Morgan fingerprint density at radius 3 is 2.66 bits per heavy atom. The number of halogens is 4. The van der Waals surface area contributed by atoms with Crippen LogP contribution in [0.4, 0.5) is 8.78 Å². The van der Waals surface area contributed by atoms with E-state index in [2.05, 4.69) is 16.8 Å². The highest BCUT2D eigenvalue weighted by atomic mass is 35.5. The lowest BCUT2D eigenvalue weighted by Gasteiger charge is -2.16. The maximum Gasteiger partial charge on any atom is 0.191 e. The van der Waals surface area contributed by atoms with Crippen LogP contribution >= 0.6 is 35.0 Å². The summed E-state index contributed by atoms with van der Waals surface area (Å²) in [5.41, 5.74) is 0.983. The molecule has 0 fully saturated rings. The third kappa shape index (κ3) is 5.29. The second-order valence-electron chi connectivity index (χ2n) is 6.11. The van der Waals surface area contributed by atoms with Gasteiger partial charge >= 0.3 is 0 Å². The normalized spacial score (nSPS) is 12.0. The van der Waals surface area contributed by atoms with Crippen molar-refractivity contribution in [1.82, 2.24) is 14.8 Å². The molecule has 29 heavy (non-hydrogen) atoms. The monoisotopic (exact) mass is 455 g/mol. The van der Waals surface area contributed by atoms with E-state index < -0.39 is 17.7 Å². The minimum Gasteiger partial charge on any atom is -0.480 e. The average Bonchev–Trinajstić information content (AvgIpc) is 3.08. The number of benzene rings is 2. The maximum atomic E-state index is 13.9. The lowest BCUT2D eigenvalue weighted by atomic mass is 10.2. The molecule has 1 aromatic heterocycles. The van der Waals surface area contributed by atoms with Crippen LogP contribution in [0.15, 0.2) is 54.2 Å². The molecule has 2 aromatic carbocycles.